The molecule has 0 radical (unpaired) electrons. The van der Waals surface area contributed by atoms with Gasteiger partial charge in [0.05, 0.1) is 6.04 Å². The number of aryl methyl sites for hydroxylation is 1. The van der Waals surface area contributed by atoms with Gasteiger partial charge >= 0.3 is 0 Å². The van der Waals surface area contributed by atoms with Crippen LogP contribution in [0, 0.1) is 0 Å². The van der Waals surface area contributed by atoms with E-state index < -0.39 is 10.2 Å². The highest BCUT2D eigenvalue weighted by Gasteiger charge is 2.36. The lowest BCUT2D eigenvalue weighted by molar-refractivity contribution is 0.245. The van der Waals surface area contributed by atoms with E-state index in [0.29, 0.717) is 19.6 Å². The molecule has 1 aromatic rings. The Bertz CT molecular complexity index is 590. The summed E-state index contributed by atoms with van der Waals surface area (Å²) in [5, 5.41) is 3.31. The molecule has 0 aliphatic carbocycles. The SMILES string of the molecule is CCc1ccc(C2CNCCN2S(=O)(=O)N(C)C(C)C)cc1.Cl. The Morgan fingerprint density at radius 3 is 2.43 bits per heavy atom. The largest absolute Gasteiger partial charge is 0.313 e. The lowest BCUT2D eigenvalue weighted by Crippen LogP contribution is -2.53. The van der Waals surface area contributed by atoms with Crippen molar-refractivity contribution in [3.05, 3.63) is 35.4 Å². The molecule has 2 rings (SSSR count). The van der Waals surface area contributed by atoms with E-state index in [1.54, 1.807) is 11.4 Å². The average molecular weight is 362 g/mol. The molecular weight excluding hydrogens is 334 g/mol. The zero-order valence-electron chi connectivity index (χ0n) is 14.3. The summed E-state index contributed by atoms with van der Waals surface area (Å²) in [5.74, 6) is 0. The van der Waals surface area contributed by atoms with Crippen LogP contribution in [0.4, 0.5) is 0 Å². The van der Waals surface area contributed by atoms with Gasteiger partial charge < -0.3 is 5.32 Å². The predicted octanol–water partition coefficient (Wildman–Crippen LogP) is 2.20. The van der Waals surface area contributed by atoms with E-state index in [9.17, 15) is 8.42 Å². The molecule has 0 aromatic heterocycles. The van der Waals surface area contributed by atoms with Crippen molar-refractivity contribution in [2.24, 2.45) is 0 Å². The molecule has 0 bridgehead atoms. The topological polar surface area (TPSA) is 52.7 Å². The maximum atomic E-state index is 12.9. The summed E-state index contributed by atoms with van der Waals surface area (Å²) in [7, 11) is -1.80. The standard InChI is InChI=1S/C16H27N3O2S.ClH/c1-5-14-6-8-15(9-7-14)16-12-17-10-11-19(16)22(20,21)18(4)13(2)3;/h6-9,13,16-17H,5,10-12H2,1-4H3;1H. The maximum Gasteiger partial charge on any atom is 0.282 e. The molecule has 1 aromatic carbocycles. The van der Waals surface area contributed by atoms with Crippen LogP contribution < -0.4 is 5.32 Å². The van der Waals surface area contributed by atoms with Crippen molar-refractivity contribution in [3.63, 3.8) is 0 Å². The van der Waals surface area contributed by atoms with Crippen molar-refractivity contribution < 1.29 is 8.42 Å². The second-order valence-corrected chi connectivity index (χ2v) is 7.98. The predicted molar refractivity (Wildman–Crippen MR) is 97.2 cm³/mol. The molecule has 1 unspecified atom stereocenters. The van der Waals surface area contributed by atoms with E-state index in [4.69, 9.17) is 0 Å². The Morgan fingerprint density at radius 1 is 1.30 bits per heavy atom. The molecule has 1 heterocycles. The molecule has 1 N–H and O–H groups in total. The van der Waals surface area contributed by atoms with Crippen LogP contribution >= 0.6 is 12.4 Å². The van der Waals surface area contributed by atoms with Gasteiger partial charge in [0, 0.05) is 32.7 Å². The molecule has 1 atom stereocenters. The number of hydrogen-bond donors (Lipinski definition) is 1. The van der Waals surface area contributed by atoms with Crippen LogP contribution in [0.25, 0.3) is 0 Å². The zero-order chi connectivity index (χ0) is 16.3. The quantitative estimate of drug-likeness (QED) is 0.874. The van der Waals surface area contributed by atoms with Crippen LogP contribution in [0.5, 0.6) is 0 Å². The van der Waals surface area contributed by atoms with Crippen LogP contribution in [0.1, 0.15) is 37.9 Å². The Labute approximate surface area is 146 Å². The highest BCUT2D eigenvalue weighted by atomic mass is 35.5. The summed E-state index contributed by atoms with van der Waals surface area (Å²) in [4.78, 5) is 0. The van der Waals surface area contributed by atoms with Gasteiger partial charge in [-0.3, -0.25) is 0 Å². The molecule has 1 fully saturated rings. The number of benzene rings is 1. The third kappa shape index (κ3) is 4.45. The number of halogens is 1. The van der Waals surface area contributed by atoms with Crippen LogP contribution in [-0.4, -0.2) is 49.8 Å². The molecule has 0 saturated carbocycles. The van der Waals surface area contributed by atoms with Crippen molar-refractivity contribution in [1.82, 2.24) is 13.9 Å². The van der Waals surface area contributed by atoms with Gasteiger partial charge in [0.15, 0.2) is 0 Å². The summed E-state index contributed by atoms with van der Waals surface area (Å²) in [6.45, 7) is 7.74. The first kappa shape index (κ1) is 20.4. The Morgan fingerprint density at radius 2 is 1.91 bits per heavy atom. The van der Waals surface area contributed by atoms with Gasteiger partial charge in [-0.05, 0) is 31.4 Å². The third-order valence-corrected chi connectivity index (χ3v) is 6.53. The van der Waals surface area contributed by atoms with Gasteiger partial charge in [-0.1, -0.05) is 31.2 Å². The summed E-state index contributed by atoms with van der Waals surface area (Å²) in [6, 6.07) is 8.07. The molecule has 132 valence electrons. The molecule has 23 heavy (non-hydrogen) atoms. The fraction of sp³-hybridized carbons (Fsp3) is 0.625. The normalized spacial score (nSPS) is 19.8. The van der Waals surface area contributed by atoms with Crippen molar-refractivity contribution in [3.8, 4) is 0 Å². The van der Waals surface area contributed by atoms with Gasteiger partial charge in [-0.15, -0.1) is 12.4 Å². The minimum atomic E-state index is -3.45. The van der Waals surface area contributed by atoms with E-state index in [1.165, 1.54) is 9.87 Å². The lowest BCUT2D eigenvalue weighted by Gasteiger charge is -2.38. The molecule has 1 saturated heterocycles. The average Bonchev–Trinajstić information content (AvgIpc) is 2.54. The first-order valence-corrected chi connectivity index (χ1v) is 9.32. The molecule has 0 spiro atoms. The molecule has 0 amide bonds. The second-order valence-electron chi connectivity index (χ2n) is 6.04. The molecule has 7 heteroatoms. The Balaban J connectivity index is 0.00000264. The lowest BCUT2D eigenvalue weighted by atomic mass is 10.0. The Kier molecular flexibility index (Phi) is 7.48. The fourth-order valence-electron chi connectivity index (χ4n) is 2.65. The van der Waals surface area contributed by atoms with E-state index >= 15 is 0 Å². The summed E-state index contributed by atoms with van der Waals surface area (Å²) in [5.41, 5.74) is 2.31. The van der Waals surface area contributed by atoms with Gasteiger partial charge in [-0.25, -0.2) is 0 Å². The van der Waals surface area contributed by atoms with Gasteiger partial charge in [-0.2, -0.15) is 17.0 Å². The zero-order valence-corrected chi connectivity index (χ0v) is 16.0. The number of rotatable bonds is 5. The van der Waals surface area contributed by atoms with Crippen LogP contribution in [0.15, 0.2) is 24.3 Å². The van der Waals surface area contributed by atoms with Gasteiger partial charge in [0.25, 0.3) is 10.2 Å². The molecular formula is C16H28ClN3O2S. The van der Waals surface area contributed by atoms with E-state index in [-0.39, 0.29) is 24.5 Å². The summed E-state index contributed by atoms with van der Waals surface area (Å²) < 4.78 is 28.8. The first-order valence-electron chi connectivity index (χ1n) is 7.92. The first-order chi connectivity index (χ1) is 10.4. The van der Waals surface area contributed by atoms with Crippen LogP contribution in [0.2, 0.25) is 0 Å². The number of piperazine rings is 1. The highest BCUT2D eigenvalue weighted by molar-refractivity contribution is 7.86. The third-order valence-electron chi connectivity index (χ3n) is 4.35. The van der Waals surface area contributed by atoms with Crippen molar-refractivity contribution >= 4 is 22.6 Å². The molecule has 5 nitrogen and oxygen atoms in total. The summed E-state index contributed by atoms with van der Waals surface area (Å²) >= 11 is 0. The number of nitrogens with one attached hydrogen (secondary N) is 1. The highest BCUT2D eigenvalue weighted by Crippen LogP contribution is 2.27. The number of hydrogen-bond acceptors (Lipinski definition) is 3. The fourth-order valence-corrected chi connectivity index (χ4v) is 4.36. The van der Waals surface area contributed by atoms with E-state index in [0.717, 1.165) is 12.0 Å². The summed E-state index contributed by atoms with van der Waals surface area (Å²) in [6.07, 6.45) is 0.987. The van der Waals surface area contributed by atoms with Crippen LogP contribution in [-0.2, 0) is 16.6 Å². The van der Waals surface area contributed by atoms with E-state index in [1.807, 2.05) is 26.0 Å². The molecule has 1 aliphatic rings. The minimum Gasteiger partial charge on any atom is -0.313 e. The smallest absolute Gasteiger partial charge is 0.282 e. The van der Waals surface area contributed by atoms with Gasteiger partial charge in [0.2, 0.25) is 0 Å². The second kappa shape index (κ2) is 8.44. The van der Waals surface area contributed by atoms with Gasteiger partial charge in [0.1, 0.15) is 0 Å². The van der Waals surface area contributed by atoms with Crippen LogP contribution in [0.3, 0.4) is 0 Å². The van der Waals surface area contributed by atoms with Crippen molar-refractivity contribution in [2.45, 2.75) is 39.3 Å². The maximum absolute atomic E-state index is 12.9. The number of nitrogens with zero attached hydrogens (tertiary/aromatic N) is 2. The van der Waals surface area contributed by atoms with Crippen molar-refractivity contribution in [2.75, 3.05) is 26.7 Å². The van der Waals surface area contributed by atoms with E-state index in [2.05, 4.69) is 24.4 Å². The minimum absolute atomic E-state index is 0. The Hall–Kier alpha value is -0.660. The monoisotopic (exact) mass is 361 g/mol. The van der Waals surface area contributed by atoms with Crippen molar-refractivity contribution in [1.29, 1.82) is 0 Å². The molecule has 1 aliphatic heterocycles.